The Morgan fingerprint density at radius 3 is 1.40 bits per heavy atom. The lowest BCUT2D eigenvalue weighted by Crippen LogP contribution is -2.12. The zero-order valence-corrected chi connectivity index (χ0v) is 16.2. The van der Waals surface area contributed by atoms with Crippen molar-refractivity contribution in [2.75, 3.05) is 0 Å². The van der Waals surface area contributed by atoms with Gasteiger partial charge in [-0.25, -0.2) is 0 Å². The number of hydrogen-bond donors (Lipinski definition) is 0. The van der Waals surface area contributed by atoms with Crippen LogP contribution in [0.4, 0.5) is 0 Å². The zero-order valence-electron chi connectivity index (χ0n) is 13.2. The van der Waals surface area contributed by atoms with Gasteiger partial charge in [0.15, 0.2) is 5.78 Å². The van der Waals surface area contributed by atoms with E-state index in [0.717, 1.165) is 6.42 Å². The third kappa shape index (κ3) is 4.12. The Hall–Kier alpha value is -1.25. The molecule has 0 bridgehead atoms. The van der Waals surface area contributed by atoms with Crippen LogP contribution in [0.25, 0.3) is 12.2 Å². The van der Waals surface area contributed by atoms with Gasteiger partial charge in [-0.3, -0.25) is 4.79 Å². The number of Topliss-reactive ketones (excluding diaryl/α,β-unsaturated/α-hetero) is 1. The second kappa shape index (κ2) is 7.97. The maximum Gasteiger partial charge on any atom is 0.185 e. The topological polar surface area (TPSA) is 17.1 Å². The van der Waals surface area contributed by atoms with Crippen molar-refractivity contribution >= 4 is 64.3 Å². The van der Waals surface area contributed by atoms with Crippen molar-refractivity contribution in [2.45, 2.75) is 19.3 Å². The van der Waals surface area contributed by atoms with E-state index >= 15 is 0 Å². The van der Waals surface area contributed by atoms with Gasteiger partial charge in [0, 0.05) is 42.4 Å². The fourth-order valence-corrected chi connectivity index (χ4v) is 3.84. The quantitative estimate of drug-likeness (QED) is 0.467. The molecular weight excluding hydrogens is 398 g/mol. The minimum absolute atomic E-state index is 0.0155. The van der Waals surface area contributed by atoms with Crippen LogP contribution in [-0.2, 0) is 4.79 Å². The van der Waals surface area contributed by atoms with Gasteiger partial charge in [0.25, 0.3) is 0 Å². The molecule has 25 heavy (non-hydrogen) atoms. The molecule has 0 saturated heterocycles. The summed E-state index contributed by atoms with van der Waals surface area (Å²) in [6.07, 6.45) is 5.82. The summed E-state index contributed by atoms with van der Waals surface area (Å²) in [5.41, 5.74) is 2.73. The molecule has 2 aromatic rings. The van der Waals surface area contributed by atoms with Crippen molar-refractivity contribution < 1.29 is 4.79 Å². The van der Waals surface area contributed by atoms with Gasteiger partial charge in [-0.1, -0.05) is 58.5 Å². The summed E-state index contributed by atoms with van der Waals surface area (Å²) >= 11 is 24.9. The van der Waals surface area contributed by atoms with Crippen LogP contribution in [0.2, 0.25) is 20.1 Å². The Balaban J connectivity index is 1.99. The first-order chi connectivity index (χ1) is 12.0. The molecule has 0 heterocycles. The number of benzene rings is 2. The van der Waals surface area contributed by atoms with Gasteiger partial charge in [0.1, 0.15) is 0 Å². The highest BCUT2D eigenvalue weighted by Gasteiger charge is 2.22. The van der Waals surface area contributed by atoms with Crippen LogP contribution >= 0.6 is 46.4 Å². The maximum atomic E-state index is 12.9. The molecule has 5 heteroatoms. The van der Waals surface area contributed by atoms with Crippen molar-refractivity contribution in [1.29, 1.82) is 0 Å². The van der Waals surface area contributed by atoms with Crippen molar-refractivity contribution in [3.63, 3.8) is 0 Å². The molecule has 1 nitrogen and oxygen atoms in total. The van der Waals surface area contributed by atoms with Crippen molar-refractivity contribution in [3.8, 4) is 0 Å². The van der Waals surface area contributed by atoms with Gasteiger partial charge in [-0.15, -0.1) is 0 Å². The lowest BCUT2D eigenvalue weighted by molar-refractivity contribution is -0.112. The standard InChI is InChI=1S/C20H14Cl4O/c21-16-6-2-7-17(22)14(16)10-12-4-1-5-13(20(12)25)11-15-18(23)8-3-9-19(15)24/h2-3,6-11H,1,4-5H2/b12-10-,13-11+. The minimum atomic E-state index is -0.0155. The first kappa shape index (κ1) is 18.5. The van der Waals surface area contributed by atoms with E-state index in [0.29, 0.717) is 55.2 Å². The molecule has 0 amide bonds. The van der Waals surface area contributed by atoms with Crippen LogP contribution in [0.15, 0.2) is 47.5 Å². The van der Waals surface area contributed by atoms with Gasteiger partial charge < -0.3 is 0 Å². The van der Waals surface area contributed by atoms with E-state index in [1.807, 2.05) is 0 Å². The first-order valence-electron chi connectivity index (χ1n) is 7.81. The molecule has 0 N–H and O–H groups in total. The number of allylic oxidation sites excluding steroid dienone is 2. The number of rotatable bonds is 2. The molecule has 128 valence electrons. The monoisotopic (exact) mass is 410 g/mol. The molecule has 1 fully saturated rings. The normalized spacial score (nSPS) is 18.2. The van der Waals surface area contributed by atoms with E-state index in [1.54, 1.807) is 48.6 Å². The molecule has 0 spiro atoms. The largest absolute Gasteiger partial charge is 0.289 e. The number of halogens is 4. The van der Waals surface area contributed by atoms with Crippen LogP contribution in [0.3, 0.4) is 0 Å². The summed E-state index contributed by atoms with van der Waals surface area (Å²) in [4.78, 5) is 12.9. The Morgan fingerprint density at radius 2 is 1.04 bits per heavy atom. The Kier molecular flexibility index (Phi) is 5.91. The molecular formula is C20H14Cl4O. The van der Waals surface area contributed by atoms with Crippen molar-refractivity contribution in [2.24, 2.45) is 0 Å². The summed E-state index contributed by atoms with van der Waals surface area (Å²) in [6, 6.07) is 10.6. The van der Waals surface area contributed by atoms with Crippen LogP contribution in [0, 0.1) is 0 Å². The lowest BCUT2D eigenvalue weighted by Gasteiger charge is -2.17. The average molecular weight is 412 g/mol. The number of hydrogen-bond acceptors (Lipinski definition) is 1. The Labute approximate surface area is 166 Å². The van der Waals surface area contributed by atoms with Crippen LogP contribution in [0.1, 0.15) is 30.4 Å². The van der Waals surface area contributed by atoms with Crippen LogP contribution in [0.5, 0.6) is 0 Å². The van der Waals surface area contributed by atoms with Crippen LogP contribution in [-0.4, -0.2) is 5.78 Å². The van der Waals surface area contributed by atoms with Gasteiger partial charge in [0.05, 0.1) is 0 Å². The predicted octanol–water partition coefficient (Wildman–Crippen LogP) is 7.52. The number of carbonyl (C=O) groups is 1. The highest BCUT2D eigenvalue weighted by atomic mass is 35.5. The fourth-order valence-electron chi connectivity index (χ4n) is 2.82. The average Bonchev–Trinajstić information content (AvgIpc) is 2.57. The molecule has 3 rings (SSSR count). The van der Waals surface area contributed by atoms with Crippen molar-refractivity contribution in [3.05, 3.63) is 78.8 Å². The first-order valence-corrected chi connectivity index (χ1v) is 9.32. The van der Waals surface area contributed by atoms with E-state index in [-0.39, 0.29) is 5.78 Å². The molecule has 0 aliphatic heterocycles. The summed E-state index contributed by atoms with van der Waals surface area (Å²) in [5, 5.41) is 2.10. The Morgan fingerprint density at radius 1 is 0.680 bits per heavy atom. The molecule has 1 saturated carbocycles. The molecule has 0 atom stereocenters. The highest BCUT2D eigenvalue weighted by Crippen LogP contribution is 2.34. The van der Waals surface area contributed by atoms with Gasteiger partial charge in [-0.05, 0) is 55.7 Å². The molecule has 1 aliphatic rings. The molecule has 0 aromatic heterocycles. The van der Waals surface area contributed by atoms with Gasteiger partial charge >= 0.3 is 0 Å². The zero-order chi connectivity index (χ0) is 18.0. The molecule has 0 unspecified atom stereocenters. The minimum Gasteiger partial charge on any atom is -0.289 e. The summed E-state index contributed by atoms with van der Waals surface area (Å²) < 4.78 is 0. The van der Waals surface area contributed by atoms with E-state index < -0.39 is 0 Å². The smallest absolute Gasteiger partial charge is 0.185 e. The van der Waals surface area contributed by atoms with E-state index in [9.17, 15) is 4.79 Å². The predicted molar refractivity (Wildman–Crippen MR) is 108 cm³/mol. The molecule has 0 radical (unpaired) electrons. The number of carbonyl (C=O) groups excluding carboxylic acids is 1. The lowest BCUT2D eigenvalue weighted by atomic mass is 9.87. The third-order valence-corrected chi connectivity index (χ3v) is 5.43. The van der Waals surface area contributed by atoms with Crippen LogP contribution < -0.4 is 0 Å². The van der Waals surface area contributed by atoms with E-state index in [2.05, 4.69) is 0 Å². The second-order valence-corrected chi connectivity index (χ2v) is 7.42. The van der Waals surface area contributed by atoms with E-state index in [4.69, 9.17) is 46.4 Å². The highest BCUT2D eigenvalue weighted by molar-refractivity contribution is 6.38. The molecule has 2 aromatic carbocycles. The van der Waals surface area contributed by atoms with Gasteiger partial charge in [-0.2, -0.15) is 0 Å². The molecule has 1 aliphatic carbocycles. The fraction of sp³-hybridized carbons (Fsp3) is 0.150. The maximum absolute atomic E-state index is 12.9. The summed E-state index contributed by atoms with van der Waals surface area (Å²) in [6.45, 7) is 0. The van der Waals surface area contributed by atoms with Crippen molar-refractivity contribution in [1.82, 2.24) is 0 Å². The Bertz CT molecular complexity index is 785. The summed E-state index contributed by atoms with van der Waals surface area (Å²) in [7, 11) is 0. The third-order valence-electron chi connectivity index (χ3n) is 4.11. The van der Waals surface area contributed by atoms with Gasteiger partial charge in [0.2, 0.25) is 0 Å². The SMILES string of the molecule is O=C1/C(=C\c2c(Cl)cccc2Cl)CCC/C1=C\c1c(Cl)cccc1Cl. The number of ketones is 1. The summed E-state index contributed by atoms with van der Waals surface area (Å²) in [5.74, 6) is -0.0155. The van der Waals surface area contributed by atoms with E-state index in [1.165, 1.54) is 0 Å². The second-order valence-electron chi connectivity index (χ2n) is 5.79.